The topological polar surface area (TPSA) is 111 Å². The molecular formula is C36H38N6O4. The number of hydrogen-bond acceptors (Lipinski definition) is 10. The van der Waals surface area contributed by atoms with Crippen molar-refractivity contribution in [2.24, 2.45) is 0 Å². The molecule has 236 valence electrons. The third-order valence-electron chi connectivity index (χ3n) is 10.9. The van der Waals surface area contributed by atoms with Gasteiger partial charge in [0.05, 0.1) is 33.5 Å². The maximum Gasteiger partial charge on any atom is 0.336 e. The van der Waals surface area contributed by atoms with Crippen molar-refractivity contribution in [3.05, 3.63) is 72.3 Å². The first-order valence-electron chi connectivity index (χ1n) is 16.5. The summed E-state index contributed by atoms with van der Waals surface area (Å²) in [4.78, 5) is 49.0. The first kappa shape index (κ1) is 29.1. The minimum atomic E-state index is -0.693. The Morgan fingerprint density at radius 3 is 1.41 bits per heavy atom. The molecule has 10 nitrogen and oxygen atoms in total. The zero-order chi connectivity index (χ0) is 31.4. The Morgan fingerprint density at radius 2 is 1.02 bits per heavy atom. The lowest BCUT2D eigenvalue weighted by Gasteiger charge is -2.36. The molecule has 8 rings (SSSR count). The number of carbonyl (C=O) groups excluding carboxylic acids is 2. The van der Waals surface area contributed by atoms with Crippen molar-refractivity contribution >= 4 is 34.0 Å². The Labute approximate surface area is 267 Å². The fourth-order valence-corrected chi connectivity index (χ4v) is 8.27. The van der Waals surface area contributed by atoms with Crippen LogP contribution in [0.2, 0.25) is 0 Å². The highest BCUT2D eigenvalue weighted by atomic mass is 16.5. The maximum atomic E-state index is 12.5. The second kappa shape index (κ2) is 11.8. The van der Waals surface area contributed by atoms with Gasteiger partial charge in [0.1, 0.15) is 11.5 Å². The van der Waals surface area contributed by atoms with E-state index in [1.54, 1.807) is 24.3 Å². The summed E-state index contributed by atoms with van der Waals surface area (Å²) in [7, 11) is 4.47. The molecule has 4 atom stereocenters. The predicted molar refractivity (Wildman–Crippen MR) is 173 cm³/mol. The van der Waals surface area contributed by atoms with Gasteiger partial charge in [0.15, 0.2) is 0 Å². The van der Waals surface area contributed by atoms with Gasteiger partial charge in [-0.25, -0.2) is 19.6 Å². The van der Waals surface area contributed by atoms with Crippen LogP contribution in [0.3, 0.4) is 0 Å². The first-order valence-corrected chi connectivity index (χ1v) is 16.5. The van der Waals surface area contributed by atoms with Crippen molar-refractivity contribution in [1.29, 1.82) is 0 Å². The van der Waals surface area contributed by atoms with Gasteiger partial charge in [0, 0.05) is 72.7 Å². The molecule has 4 aliphatic rings. The maximum absolute atomic E-state index is 12.5. The van der Waals surface area contributed by atoms with E-state index in [4.69, 9.17) is 19.4 Å². The standard InChI is InChI=1S/C36H38N6O4/c1-41-23-3-4-24(41)14-21(13-23)33-19-37-31-17-27(7-9-29(31)39-33)45-35(43)11-12-36(44)46-28-8-10-30-32(18-28)38-20-34(40-30)22-15-25-5-6-26(16-22)42(25)2/h7-12,17-26H,3-6,13-16H2,1-2H3/b12-11-. The molecule has 0 saturated carbocycles. The monoisotopic (exact) mass is 618 g/mol. The van der Waals surface area contributed by atoms with E-state index in [0.29, 0.717) is 58.5 Å². The summed E-state index contributed by atoms with van der Waals surface area (Å²) in [5.41, 5.74) is 4.91. The Hall–Kier alpha value is -4.28. The van der Waals surface area contributed by atoms with E-state index in [1.807, 2.05) is 24.5 Å². The molecule has 4 fully saturated rings. The van der Waals surface area contributed by atoms with Gasteiger partial charge >= 0.3 is 11.9 Å². The largest absolute Gasteiger partial charge is 0.423 e. The Bertz CT molecular complexity index is 1700. The van der Waals surface area contributed by atoms with Crippen LogP contribution in [0.25, 0.3) is 22.1 Å². The van der Waals surface area contributed by atoms with Crippen molar-refractivity contribution in [2.45, 2.75) is 87.4 Å². The van der Waals surface area contributed by atoms with Crippen LogP contribution in [0.1, 0.15) is 74.6 Å². The van der Waals surface area contributed by atoms with Crippen LogP contribution in [0.5, 0.6) is 11.5 Å². The number of rotatable bonds is 6. The van der Waals surface area contributed by atoms with Gasteiger partial charge in [0.25, 0.3) is 0 Å². The van der Waals surface area contributed by atoms with Crippen LogP contribution in [0.15, 0.2) is 60.9 Å². The normalized spacial score (nSPS) is 27.9. The molecule has 0 spiro atoms. The van der Waals surface area contributed by atoms with E-state index in [1.165, 1.54) is 25.7 Å². The fourth-order valence-electron chi connectivity index (χ4n) is 8.27. The van der Waals surface area contributed by atoms with Crippen LogP contribution in [0.4, 0.5) is 0 Å². The number of carbonyl (C=O) groups is 2. The number of ether oxygens (including phenoxy) is 2. The van der Waals surface area contributed by atoms with Gasteiger partial charge in [0.2, 0.25) is 0 Å². The molecular weight excluding hydrogens is 580 g/mol. The Kier molecular flexibility index (Phi) is 7.49. The summed E-state index contributed by atoms with van der Waals surface area (Å²) in [6, 6.07) is 12.9. The summed E-state index contributed by atoms with van der Waals surface area (Å²) < 4.78 is 10.9. The van der Waals surface area contributed by atoms with Gasteiger partial charge in [-0.3, -0.25) is 9.97 Å². The average Bonchev–Trinajstić information content (AvgIpc) is 3.37. The lowest BCUT2D eigenvalue weighted by molar-refractivity contribution is -0.131. The molecule has 2 aromatic carbocycles. The molecule has 4 unspecified atom stereocenters. The molecule has 0 radical (unpaired) electrons. The van der Waals surface area contributed by atoms with Crippen molar-refractivity contribution in [2.75, 3.05) is 14.1 Å². The first-order chi connectivity index (χ1) is 22.4. The summed E-state index contributed by atoms with van der Waals surface area (Å²) in [6.45, 7) is 0. The van der Waals surface area contributed by atoms with Crippen LogP contribution in [-0.2, 0) is 9.59 Å². The van der Waals surface area contributed by atoms with E-state index in [9.17, 15) is 9.59 Å². The highest BCUT2D eigenvalue weighted by Gasteiger charge is 2.40. The van der Waals surface area contributed by atoms with E-state index in [-0.39, 0.29) is 0 Å². The zero-order valence-corrected chi connectivity index (χ0v) is 26.2. The van der Waals surface area contributed by atoms with E-state index in [0.717, 1.165) is 60.3 Å². The van der Waals surface area contributed by atoms with Crippen molar-refractivity contribution in [3.8, 4) is 11.5 Å². The smallest absolute Gasteiger partial charge is 0.336 e. The summed E-state index contributed by atoms with van der Waals surface area (Å²) in [5, 5.41) is 0. The number of benzene rings is 2. The Balaban J connectivity index is 0.868. The summed E-state index contributed by atoms with van der Waals surface area (Å²) >= 11 is 0. The van der Waals surface area contributed by atoms with Crippen LogP contribution < -0.4 is 9.47 Å². The number of aromatic nitrogens is 4. The number of piperidine rings is 2. The third kappa shape index (κ3) is 5.64. The fraction of sp³-hybridized carbons (Fsp3) is 0.444. The number of hydrogen-bond donors (Lipinski definition) is 0. The molecule has 4 bridgehead atoms. The zero-order valence-electron chi connectivity index (χ0n) is 26.2. The van der Waals surface area contributed by atoms with E-state index < -0.39 is 11.9 Å². The second-order valence-electron chi connectivity index (χ2n) is 13.5. The summed E-state index contributed by atoms with van der Waals surface area (Å²) in [5.74, 6) is 0.120. The Morgan fingerprint density at radius 1 is 0.630 bits per heavy atom. The molecule has 2 aromatic heterocycles. The van der Waals surface area contributed by atoms with Gasteiger partial charge in [-0.15, -0.1) is 0 Å². The van der Waals surface area contributed by atoms with E-state index >= 15 is 0 Å². The van der Waals surface area contributed by atoms with Crippen LogP contribution in [0, 0.1) is 0 Å². The molecule has 6 heterocycles. The number of nitrogens with zero attached hydrogens (tertiary/aromatic N) is 6. The minimum absolute atomic E-state index is 0.329. The highest BCUT2D eigenvalue weighted by molar-refractivity contribution is 5.94. The average molecular weight is 619 g/mol. The SMILES string of the molecule is CN1C2CCC1CC(c1cnc3cc(OC(=O)/C=C\C(=O)Oc4ccc5nc(C6CC7CCC(C6)N7C)cnc5c4)ccc3n1)C2. The third-order valence-corrected chi connectivity index (χ3v) is 10.9. The van der Waals surface area contributed by atoms with Crippen molar-refractivity contribution < 1.29 is 19.1 Å². The highest BCUT2D eigenvalue weighted by Crippen LogP contribution is 2.43. The molecule has 4 aromatic rings. The minimum Gasteiger partial charge on any atom is -0.423 e. The molecule has 4 aliphatic heterocycles. The van der Waals surface area contributed by atoms with E-state index in [2.05, 4.69) is 33.9 Å². The quantitative estimate of drug-likeness (QED) is 0.160. The lowest BCUT2D eigenvalue weighted by atomic mass is 9.88. The predicted octanol–water partition coefficient (Wildman–Crippen LogP) is 5.32. The number of esters is 2. The second-order valence-corrected chi connectivity index (χ2v) is 13.5. The van der Waals surface area contributed by atoms with Crippen molar-refractivity contribution in [3.63, 3.8) is 0 Å². The molecule has 0 N–H and O–H groups in total. The van der Waals surface area contributed by atoms with Crippen LogP contribution in [-0.4, -0.2) is 79.9 Å². The molecule has 0 aliphatic carbocycles. The van der Waals surface area contributed by atoms with Gasteiger partial charge < -0.3 is 19.3 Å². The molecule has 0 amide bonds. The van der Waals surface area contributed by atoms with Gasteiger partial charge in [-0.2, -0.15) is 0 Å². The molecule has 46 heavy (non-hydrogen) atoms. The van der Waals surface area contributed by atoms with Gasteiger partial charge in [-0.1, -0.05) is 0 Å². The lowest BCUT2D eigenvalue weighted by Crippen LogP contribution is -2.39. The summed E-state index contributed by atoms with van der Waals surface area (Å²) in [6.07, 6.45) is 15.3. The van der Waals surface area contributed by atoms with Gasteiger partial charge in [-0.05, 0) is 89.7 Å². The molecule has 10 heteroatoms. The number of fused-ring (bicyclic) bond motifs is 6. The van der Waals surface area contributed by atoms with Crippen LogP contribution >= 0.6 is 0 Å². The van der Waals surface area contributed by atoms with Crippen molar-refractivity contribution in [1.82, 2.24) is 29.7 Å². The molecule has 4 saturated heterocycles.